The van der Waals surface area contributed by atoms with Gasteiger partial charge in [0.25, 0.3) is 0 Å². The second-order valence-electron chi connectivity index (χ2n) is 6.08. The van der Waals surface area contributed by atoms with Gasteiger partial charge in [0, 0.05) is 5.69 Å². The number of carbonyl (C=O) groups excluding carboxylic acids is 1. The monoisotopic (exact) mass is 339 g/mol. The van der Waals surface area contributed by atoms with Crippen molar-refractivity contribution in [2.24, 2.45) is 0 Å². The Morgan fingerprint density at radius 1 is 1.17 bits per heavy atom. The largest absolute Gasteiger partial charge is 0.333 e. The fourth-order valence-electron chi connectivity index (χ4n) is 2.81. The number of hydrogen-bond donors (Lipinski definition) is 2. The molecule has 124 valence electrons. The summed E-state index contributed by atoms with van der Waals surface area (Å²) in [5.74, 6) is -0.0180. The molecule has 5 heteroatoms. The number of aromatic amines is 1. The van der Waals surface area contributed by atoms with E-state index < -0.39 is 0 Å². The van der Waals surface area contributed by atoms with Crippen LogP contribution in [0.3, 0.4) is 0 Å². The Morgan fingerprint density at radius 3 is 2.50 bits per heavy atom. The van der Waals surface area contributed by atoms with Crippen molar-refractivity contribution in [2.45, 2.75) is 38.1 Å². The molecule has 0 fully saturated rings. The predicted octanol–water partition coefficient (Wildman–Crippen LogP) is 4.61. The minimum Gasteiger partial charge on any atom is -0.333 e. The van der Waals surface area contributed by atoms with Crippen molar-refractivity contribution in [3.05, 3.63) is 53.1 Å². The average Bonchev–Trinajstić information content (AvgIpc) is 2.92. The van der Waals surface area contributed by atoms with Gasteiger partial charge in [0.1, 0.15) is 0 Å². The molecule has 0 spiro atoms. The Hall–Kier alpha value is -2.27. The maximum atomic E-state index is 12.5. The minimum atomic E-state index is -0.245. The number of anilines is 1. The van der Waals surface area contributed by atoms with Gasteiger partial charge < -0.3 is 10.3 Å². The number of rotatable bonds is 4. The Labute approximate surface area is 146 Å². The average molecular weight is 339 g/mol. The molecule has 0 bridgehead atoms. The van der Waals surface area contributed by atoms with E-state index in [1.165, 1.54) is 17.3 Å². The van der Waals surface area contributed by atoms with Gasteiger partial charge in [-0.1, -0.05) is 41.6 Å². The van der Waals surface area contributed by atoms with Crippen LogP contribution in [0.25, 0.3) is 11.0 Å². The zero-order chi connectivity index (χ0) is 17.3. The lowest BCUT2D eigenvalue weighted by atomic mass is 10.1. The standard InChI is InChI=1S/C19H21N3OS/c1-11-9-12(2)17(13(3)10-11)22-18(23)14(4)24-19-20-15-7-5-6-8-16(15)21-19/h5-10,14H,1-4H3,(H,20,21)(H,22,23)/t14-/m0/s1. The lowest BCUT2D eigenvalue weighted by Crippen LogP contribution is -2.23. The van der Waals surface area contributed by atoms with E-state index in [4.69, 9.17) is 0 Å². The maximum Gasteiger partial charge on any atom is 0.237 e. The van der Waals surface area contributed by atoms with Crippen molar-refractivity contribution >= 4 is 34.4 Å². The normalized spacial score (nSPS) is 12.3. The van der Waals surface area contributed by atoms with Crippen LogP contribution >= 0.6 is 11.8 Å². The van der Waals surface area contributed by atoms with Crippen LogP contribution in [0.5, 0.6) is 0 Å². The number of amides is 1. The van der Waals surface area contributed by atoms with Gasteiger partial charge in [-0.05, 0) is 51.0 Å². The van der Waals surface area contributed by atoms with Crippen LogP contribution in [-0.2, 0) is 4.79 Å². The molecule has 1 aromatic heterocycles. The minimum absolute atomic E-state index is 0.0180. The molecule has 2 aromatic carbocycles. The van der Waals surface area contributed by atoms with Gasteiger partial charge in [-0.15, -0.1) is 0 Å². The number of aromatic nitrogens is 2. The summed E-state index contributed by atoms with van der Waals surface area (Å²) in [4.78, 5) is 20.3. The lowest BCUT2D eigenvalue weighted by molar-refractivity contribution is -0.115. The summed E-state index contributed by atoms with van der Waals surface area (Å²) >= 11 is 1.43. The van der Waals surface area contributed by atoms with Crippen LogP contribution in [0.4, 0.5) is 5.69 Å². The molecular formula is C19H21N3OS. The summed E-state index contributed by atoms with van der Waals surface area (Å²) in [5, 5.41) is 3.57. The topological polar surface area (TPSA) is 57.8 Å². The fraction of sp³-hybridized carbons (Fsp3) is 0.263. The Morgan fingerprint density at radius 2 is 1.83 bits per heavy atom. The number of thioether (sulfide) groups is 1. The first kappa shape index (κ1) is 16.6. The van der Waals surface area contributed by atoms with Crippen LogP contribution in [0.1, 0.15) is 23.6 Å². The molecule has 0 radical (unpaired) electrons. The Balaban J connectivity index is 1.73. The molecule has 4 nitrogen and oxygen atoms in total. The molecule has 0 aliphatic rings. The summed E-state index contributed by atoms with van der Waals surface area (Å²) in [7, 11) is 0. The molecule has 24 heavy (non-hydrogen) atoms. The zero-order valence-electron chi connectivity index (χ0n) is 14.3. The van der Waals surface area contributed by atoms with Crippen molar-refractivity contribution in [2.75, 3.05) is 5.32 Å². The summed E-state index contributed by atoms with van der Waals surface area (Å²) < 4.78 is 0. The smallest absolute Gasteiger partial charge is 0.237 e. The maximum absolute atomic E-state index is 12.5. The third-order valence-corrected chi connectivity index (χ3v) is 4.93. The van der Waals surface area contributed by atoms with E-state index in [2.05, 4.69) is 34.3 Å². The molecule has 3 aromatic rings. The third kappa shape index (κ3) is 3.46. The molecule has 0 saturated heterocycles. The number of imidazole rings is 1. The quantitative estimate of drug-likeness (QED) is 0.683. The molecule has 0 aliphatic carbocycles. The highest BCUT2D eigenvalue weighted by Crippen LogP contribution is 2.26. The van der Waals surface area contributed by atoms with E-state index in [0.717, 1.165) is 33.0 Å². The van der Waals surface area contributed by atoms with E-state index in [0.29, 0.717) is 0 Å². The Bertz CT molecular complexity index is 845. The molecule has 1 amide bonds. The van der Waals surface area contributed by atoms with Crippen molar-refractivity contribution in [1.82, 2.24) is 9.97 Å². The van der Waals surface area contributed by atoms with Crippen molar-refractivity contribution in [3.8, 4) is 0 Å². The molecule has 0 aliphatic heterocycles. The van der Waals surface area contributed by atoms with Gasteiger partial charge in [0.05, 0.1) is 16.3 Å². The number of para-hydroxylation sites is 2. The van der Waals surface area contributed by atoms with Gasteiger partial charge in [-0.3, -0.25) is 4.79 Å². The molecule has 3 rings (SSSR count). The number of carbonyl (C=O) groups is 1. The fourth-order valence-corrected chi connectivity index (χ4v) is 3.63. The predicted molar refractivity (Wildman–Crippen MR) is 101 cm³/mol. The number of aryl methyl sites for hydroxylation is 3. The molecule has 0 unspecified atom stereocenters. The number of benzene rings is 2. The van der Waals surface area contributed by atoms with Gasteiger partial charge in [-0.25, -0.2) is 4.98 Å². The van der Waals surface area contributed by atoms with Crippen molar-refractivity contribution in [3.63, 3.8) is 0 Å². The number of nitrogens with zero attached hydrogens (tertiary/aromatic N) is 1. The lowest BCUT2D eigenvalue weighted by Gasteiger charge is -2.15. The molecule has 1 heterocycles. The summed E-state index contributed by atoms with van der Waals surface area (Å²) in [6, 6.07) is 12.0. The number of fused-ring (bicyclic) bond motifs is 1. The molecule has 1 atom stereocenters. The van der Waals surface area contributed by atoms with Crippen LogP contribution in [0, 0.1) is 20.8 Å². The second-order valence-corrected chi connectivity index (χ2v) is 7.41. The number of nitrogens with one attached hydrogen (secondary N) is 2. The van der Waals surface area contributed by atoms with Gasteiger partial charge in [0.15, 0.2) is 5.16 Å². The first-order valence-corrected chi connectivity index (χ1v) is 8.82. The van der Waals surface area contributed by atoms with Crippen molar-refractivity contribution < 1.29 is 4.79 Å². The van der Waals surface area contributed by atoms with Crippen LogP contribution in [0.2, 0.25) is 0 Å². The van der Waals surface area contributed by atoms with E-state index >= 15 is 0 Å². The van der Waals surface area contributed by atoms with Gasteiger partial charge in [-0.2, -0.15) is 0 Å². The third-order valence-electron chi connectivity index (χ3n) is 3.95. The van der Waals surface area contributed by atoms with Crippen LogP contribution in [-0.4, -0.2) is 21.1 Å². The van der Waals surface area contributed by atoms with Crippen LogP contribution < -0.4 is 5.32 Å². The van der Waals surface area contributed by atoms with Crippen molar-refractivity contribution in [1.29, 1.82) is 0 Å². The first-order valence-electron chi connectivity index (χ1n) is 7.94. The van der Waals surface area contributed by atoms with E-state index in [1.54, 1.807) is 0 Å². The molecule has 0 saturated carbocycles. The Kier molecular flexibility index (Phi) is 4.62. The molecular weight excluding hydrogens is 318 g/mol. The van der Waals surface area contributed by atoms with Gasteiger partial charge in [0.2, 0.25) is 5.91 Å². The summed E-state index contributed by atoms with van der Waals surface area (Å²) in [6.45, 7) is 8.00. The SMILES string of the molecule is Cc1cc(C)c(NC(=O)[C@H](C)Sc2nc3ccccc3[nH]2)c(C)c1. The van der Waals surface area contributed by atoms with E-state index in [-0.39, 0.29) is 11.2 Å². The first-order chi connectivity index (χ1) is 11.4. The van der Waals surface area contributed by atoms with Crippen LogP contribution in [0.15, 0.2) is 41.6 Å². The second kappa shape index (κ2) is 6.69. The highest BCUT2D eigenvalue weighted by molar-refractivity contribution is 8.00. The zero-order valence-corrected chi connectivity index (χ0v) is 15.1. The number of H-pyrrole nitrogens is 1. The van der Waals surface area contributed by atoms with E-state index in [9.17, 15) is 4.79 Å². The highest BCUT2D eigenvalue weighted by Gasteiger charge is 2.18. The van der Waals surface area contributed by atoms with E-state index in [1.807, 2.05) is 45.0 Å². The summed E-state index contributed by atoms with van der Waals surface area (Å²) in [6.07, 6.45) is 0. The van der Waals surface area contributed by atoms with Gasteiger partial charge >= 0.3 is 0 Å². The highest BCUT2D eigenvalue weighted by atomic mass is 32.2. The summed E-state index contributed by atoms with van der Waals surface area (Å²) in [5.41, 5.74) is 6.18. The number of hydrogen-bond acceptors (Lipinski definition) is 3. The molecule has 2 N–H and O–H groups in total.